The van der Waals surface area contributed by atoms with Gasteiger partial charge in [-0.1, -0.05) is 23.2 Å². The smallest absolute Gasteiger partial charge is 0.229 e. The molecule has 1 fully saturated rings. The molecule has 2 aromatic carbocycles. The van der Waals surface area contributed by atoms with E-state index in [1.165, 1.54) is 33.3 Å². The van der Waals surface area contributed by atoms with Gasteiger partial charge >= 0.3 is 0 Å². The molecule has 2 aromatic rings. The topological polar surface area (TPSA) is 86.3 Å². The minimum atomic E-state index is -0.595. The van der Waals surface area contributed by atoms with Gasteiger partial charge in [0.15, 0.2) is 11.5 Å². The second-order valence-corrected chi connectivity index (χ2v) is 7.55. The van der Waals surface area contributed by atoms with Gasteiger partial charge < -0.3 is 29.2 Å². The molecular formula is C21H22Cl2N2O6. The summed E-state index contributed by atoms with van der Waals surface area (Å²) in [6, 6.07) is 6.30. The van der Waals surface area contributed by atoms with E-state index in [-0.39, 0.29) is 29.8 Å². The van der Waals surface area contributed by atoms with Crippen molar-refractivity contribution in [3.8, 4) is 23.0 Å². The number of amides is 2. The Morgan fingerprint density at radius 3 is 2.13 bits per heavy atom. The molecule has 10 heteroatoms. The van der Waals surface area contributed by atoms with Gasteiger partial charge in [-0.2, -0.15) is 0 Å². The number of nitrogens with one attached hydrogen (secondary N) is 1. The Balaban J connectivity index is 1.81. The molecule has 1 heterocycles. The molecule has 8 nitrogen and oxygen atoms in total. The van der Waals surface area contributed by atoms with E-state index in [1.807, 2.05) is 0 Å². The van der Waals surface area contributed by atoms with Crippen molar-refractivity contribution in [3.63, 3.8) is 0 Å². The van der Waals surface area contributed by atoms with E-state index >= 15 is 0 Å². The van der Waals surface area contributed by atoms with Gasteiger partial charge in [-0.3, -0.25) is 9.59 Å². The lowest BCUT2D eigenvalue weighted by atomic mass is 10.1. The molecule has 1 N–H and O–H groups in total. The molecule has 0 aliphatic carbocycles. The summed E-state index contributed by atoms with van der Waals surface area (Å²) in [7, 11) is 5.94. The van der Waals surface area contributed by atoms with Gasteiger partial charge in [0.25, 0.3) is 0 Å². The Kier molecular flexibility index (Phi) is 7.02. The Hall–Kier alpha value is -2.84. The summed E-state index contributed by atoms with van der Waals surface area (Å²) in [5.41, 5.74) is 0.832. The molecule has 0 radical (unpaired) electrons. The van der Waals surface area contributed by atoms with Crippen LogP contribution in [0.4, 0.5) is 11.4 Å². The predicted molar refractivity (Wildman–Crippen MR) is 118 cm³/mol. The largest absolute Gasteiger partial charge is 0.495 e. The molecule has 0 aromatic heterocycles. The average Bonchev–Trinajstić information content (AvgIpc) is 3.16. The maximum absolute atomic E-state index is 12.9. The first-order chi connectivity index (χ1) is 14.8. The minimum absolute atomic E-state index is 0.0313. The van der Waals surface area contributed by atoms with Crippen molar-refractivity contribution >= 4 is 46.4 Å². The molecule has 1 unspecified atom stereocenters. The predicted octanol–water partition coefficient (Wildman–Crippen LogP) is 4.02. The number of methoxy groups -OCH3 is 4. The fraction of sp³-hybridized carbons (Fsp3) is 0.333. The van der Waals surface area contributed by atoms with Crippen LogP contribution in [0.25, 0.3) is 0 Å². The van der Waals surface area contributed by atoms with Crippen molar-refractivity contribution < 1.29 is 28.5 Å². The summed E-state index contributed by atoms with van der Waals surface area (Å²) in [5, 5.41) is 3.38. The highest BCUT2D eigenvalue weighted by molar-refractivity contribution is 6.34. The lowest BCUT2D eigenvalue weighted by molar-refractivity contribution is -0.122. The van der Waals surface area contributed by atoms with Gasteiger partial charge in [0, 0.05) is 31.2 Å². The van der Waals surface area contributed by atoms with Crippen molar-refractivity contribution in [2.75, 3.05) is 45.2 Å². The number of benzene rings is 2. The zero-order valence-electron chi connectivity index (χ0n) is 17.5. The number of carbonyl (C=O) groups excluding carboxylic acids is 2. The zero-order chi connectivity index (χ0) is 22.7. The quantitative estimate of drug-likeness (QED) is 0.660. The Morgan fingerprint density at radius 2 is 1.52 bits per heavy atom. The normalized spacial score (nSPS) is 15.6. The molecule has 0 saturated carbocycles. The standard InChI is InChI=1S/C21H22Cl2N2O6/c1-28-16-9-17(29-2)15(6-13(16)23)25-10-11(5-20(25)26)21(27)24-14-8-19(31-4)18(30-3)7-12(14)22/h6-9,11H,5,10H2,1-4H3,(H,24,27). The molecule has 1 saturated heterocycles. The Bertz CT molecular complexity index is 1010. The number of rotatable bonds is 7. The second kappa shape index (κ2) is 9.53. The molecule has 1 aliphatic heterocycles. The summed E-state index contributed by atoms with van der Waals surface area (Å²) in [4.78, 5) is 27.0. The first-order valence-corrected chi connectivity index (χ1v) is 10.0. The maximum atomic E-state index is 12.9. The number of hydrogen-bond donors (Lipinski definition) is 1. The van der Waals surface area contributed by atoms with Crippen LogP contribution in [0.3, 0.4) is 0 Å². The molecule has 166 valence electrons. The van der Waals surface area contributed by atoms with Gasteiger partial charge in [0.05, 0.1) is 55.8 Å². The fourth-order valence-electron chi connectivity index (χ4n) is 3.36. The highest BCUT2D eigenvalue weighted by atomic mass is 35.5. The van der Waals surface area contributed by atoms with Gasteiger partial charge in [-0.15, -0.1) is 0 Å². The van der Waals surface area contributed by atoms with E-state index in [9.17, 15) is 9.59 Å². The number of nitrogens with zero attached hydrogens (tertiary/aromatic N) is 1. The van der Waals surface area contributed by atoms with E-state index in [0.29, 0.717) is 39.4 Å². The number of carbonyl (C=O) groups is 2. The molecule has 0 bridgehead atoms. The van der Waals surface area contributed by atoms with Crippen molar-refractivity contribution in [1.82, 2.24) is 0 Å². The number of hydrogen-bond acceptors (Lipinski definition) is 6. The third-order valence-electron chi connectivity index (χ3n) is 4.97. The van der Waals surface area contributed by atoms with Crippen LogP contribution in [-0.2, 0) is 9.59 Å². The summed E-state index contributed by atoms with van der Waals surface area (Å²) in [6.45, 7) is 0.161. The van der Waals surface area contributed by atoms with Crippen LogP contribution in [0.5, 0.6) is 23.0 Å². The minimum Gasteiger partial charge on any atom is -0.495 e. The Morgan fingerprint density at radius 1 is 0.903 bits per heavy atom. The van der Waals surface area contributed by atoms with Crippen LogP contribution in [0, 0.1) is 5.92 Å². The fourth-order valence-corrected chi connectivity index (χ4v) is 3.79. The van der Waals surface area contributed by atoms with Crippen LogP contribution < -0.4 is 29.2 Å². The molecule has 1 atom stereocenters. The molecule has 2 amide bonds. The summed E-state index contributed by atoms with van der Waals surface area (Å²) in [5.74, 6) is 0.536. The zero-order valence-corrected chi connectivity index (χ0v) is 19.0. The first kappa shape index (κ1) is 22.8. The second-order valence-electron chi connectivity index (χ2n) is 6.74. The van der Waals surface area contributed by atoms with E-state index in [0.717, 1.165) is 0 Å². The summed E-state index contributed by atoms with van der Waals surface area (Å²) >= 11 is 12.5. The van der Waals surface area contributed by atoms with Crippen LogP contribution in [0.2, 0.25) is 10.0 Å². The van der Waals surface area contributed by atoms with Crippen molar-refractivity contribution in [1.29, 1.82) is 0 Å². The van der Waals surface area contributed by atoms with E-state index < -0.39 is 5.92 Å². The average molecular weight is 469 g/mol. The van der Waals surface area contributed by atoms with Crippen LogP contribution in [-0.4, -0.2) is 46.8 Å². The summed E-state index contributed by atoms with van der Waals surface area (Å²) < 4.78 is 21.0. The van der Waals surface area contributed by atoms with Gasteiger partial charge in [0.1, 0.15) is 11.5 Å². The van der Waals surface area contributed by atoms with E-state index in [1.54, 1.807) is 24.3 Å². The van der Waals surface area contributed by atoms with Gasteiger partial charge in [-0.05, 0) is 6.07 Å². The molecule has 3 rings (SSSR count). The lowest BCUT2D eigenvalue weighted by Gasteiger charge is -2.21. The number of ether oxygens (including phenoxy) is 4. The third-order valence-corrected chi connectivity index (χ3v) is 5.58. The Labute approximate surface area is 189 Å². The number of halogens is 2. The van der Waals surface area contributed by atoms with E-state index in [4.69, 9.17) is 42.1 Å². The molecule has 31 heavy (non-hydrogen) atoms. The molecular weight excluding hydrogens is 447 g/mol. The van der Waals surface area contributed by atoms with Gasteiger partial charge in [0.2, 0.25) is 11.8 Å². The summed E-state index contributed by atoms with van der Waals surface area (Å²) in [6.07, 6.45) is 0.0313. The highest BCUT2D eigenvalue weighted by Gasteiger charge is 2.37. The maximum Gasteiger partial charge on any atom is 0.229 e. The SMILES string of the molecule is COc1cc(OC)c(N2CC(C(=O)Nc3cc(OC)c(OC)cc3Cl)CC2=O)cc1Cl. The first-order valence-electron chi connectivity index (χ1n) is 9.27. The monoisotopic (exact) mass is 468 g/mol. The van der Waals surface area contributed by atoms with E-state index in [2.05, 4.69) is 5.32 Å². The third kappa shape index (κ3) is 4.60. The molecule has 1 aliphatic rings. The van der Waals surface area contributed by atoms with Gasteiger partial charge in [-0.25, -0.2) is 0 Å². The van der Waals surface area contributed by atoms with Crippen LogP contribution in [0.1, 0.15) is 6.42 Å². The highest BCUT2D eigenvalue weighted by Crippen LogP contribution is 2.41. The van der Waals surface area contributed by atoms with Crippen molar-refractivity contribution in [2.24, 2.45) is 5.92 Å². The number of anilines is 2. The van der Waals surface area contributed by atoms with Crippen molar-refractivity contribution in [2.45, 2.75) is 6.42 Å². The molecule has 0 spiro atoms. The van der Waals surface area contributed by atoms with Crippen LogP contribution >= 0.6 is 23.2 Å². The lowest BCUT2D eigenvalue weighted by Crippen LogP contribution is -2.28. The van der Waals surface area contributed by atoms with Crippen LogP contribution in [0.15, 0.2) is 24.3 Å². The van der Waals surface area contributed by atoms with Crippen molar-refractivity contribution in [3.05, 3.63) is 34.3 Å².